The molecule has 3 aromatic heterocycles. The van der Waals surface area contributed by atoms with Crippen molar-refractivity contribution in [3.63, 3.8) is 0 Å². The summed E-state index contributed by atoms with van der Waals surface area (Å²) in [5, 5.41) is 3.98. The lowest BCUT2D eigenvalue weighted by Gasteiger charge is -2.21. The van der Waals surface area contributed by atoms with Crippen LogP contribution in [0.3, 0.4) is 0 Å². The number of nitrogens with zero attached hydrogens (tertiary/aromatic N) is 7. The third-order valence-electron chi connectivity index (χ3n) is 6.07. The van der Waals surface area contributed by atoms with Crippen LogP contribution in [0.1, 0.15) is 50.7 Å². The molecule has 9 heteroatoms. The quantitative estimate of drug-likeness (QED) is 0.484. The van der Waals surface area contributed by atoms with Crippen molar-refractivity contribution in [3.05, 3.63) is 65.9 Å². The number of hydrogen-bond acceptors (Lipinski definition) is 7. The van der Waals surface area contributed by atoms with Gasteiger partial charge in [-0.1, -0.05) is 26.0 Å². The molecule has 1 N–H and O–H groups in total. The molecular formula is C27H32N8O. The summed E-state index contributed by atoms with van der Waals surface area (Å²) in [5.41, 5.74) is 4.97. The molecule has 9 nitrogen and oxygen atoms in total. The molecule has 186 valence electrons. The number of aromatic nitrogens is 5. The van der Waals surface area contributed by atoms with Gasteiger partial charge in [-0.3, -0.25) is 19.8 Å². The van der Waals surface area contributed by atoms with Gasteiger partial charge in [-0.15, -0.1) is 0 Å². The molecule has 0 spiro atoms. The van der Waals surface area contributed by atoms with Crippen LogP contribution in [0, 0.1) is 18.8 Å². The number of amides is 1. The molecule has 1 aliphatic heterocycles. The fourth-order valence-electron chi connectivity index (χ4n) is 4.26. The van der Waals surface area contributed by atoms with E-state index in [0.717, 1.165) is 33.8 Å². The monoisotopic (exact) mass is 484 g/mol. The molecule has 4 rings (SSSR count). The normalized spacial score (nSPS) is 19.0. The highest BCUT2D eigenvalue weighted by atomic mass is 16.1. The van der Waals surface area contributed by atoms with Crippen molar-refractivity contribution in [1.29, 1.82) is 0 Å². The Morgan fingerprint density at radius 3 is 2.89 bits per heavy atom. The number of aliphatic imine (C=N–C) groups is 2. The lowest BCUT2D eigenvalue weighted by atomic mass is 9.88. The SMILES string of the molecule is CC=N/C(=C\C(C)CNC(=O)Cn1ccc2c(C3C=C(C)N=CC3C)ncnc21)c1cncc(C)n1. The summed E-state index contributed by atoms with van der Waals surface area (Å²) in [6.45, 7) is 10.6. The van der Waals surface area contributed by atoms with Crippen molar-refractivity contribution in [1.82, 2.24) is 29.8 Å². The van der Waals surface area contributed by atoms with E-state index in [-0.39, 0.29) is 30.2 Å². The summed E-state index contributed by atoms with van der Waals surface area (Å²) in [7, 11) is 0. The van der Waals surface area contributed by atoms with Crippen LogP contribution in [0.5, 0.6) is 0 Å². The summed E-state index contributed by atoms with van der Waals surface area (Å²) in [6.07, 6.45) is 14.7. The maximum absolute atomic E-state index is 12.8. The minimum atomic E-state index is -0.0855. The minimum absolute atomic E-state index is 0.0507. The Balaban J connectivity index is 1.44. The highest BCUT2D eigenvalue weighted by Crippen LogP contribution is 2.32. The van der Waals surface area contributed by atoms with E-state index in [2.05, 4.69) is 48.2 Å². The second kappa shape index (κ2) is 11.2. The van der Waals surface area contributed by atoms with Gasteiger partial charge in [-0.2, -0.15) is 0 Å². The zero-order chi connectivity index (χ0) is 25.7. The van der Waals surface area contributed by atoms with E-state index in [9.17, 15) is 4.79 Å². The predicted molar refractivity (Wildman–Crippen MR) is 143 cm³/mol. The number of carbonyl (C=O) groups is 1. The number of aryl methyl sites for hydroxylation is 1. The zero-order valence-electron chi connectivity index (χ0n) is 21.4. The number of nitrogens with one attached hydrogen (secondary N) is 1. The van der Waals surface area contributed by atoms with Gasteiger partial charge in [0.15, 0.2) is 0 Å². The average Bonchev–Trinajstić information content (AvgIpc) is 3.27. The number of allylic oxidation sites excluding steroid dienone is 2. The molecule has 36 heavy (non-hydrogen) atoms. The van der Waals surface area contributed by atoms with Gasteiger partial charge < -0.3 is 9.88 Å². The van der Waals surface area contributed by atoms with Crippen LogP contribution in [0.15, 0.2) is 58.8 Å². The van der Waals surface area contributed by atoms with Gasteiger partial charge in [0.2, 0.25) is 5.91 Å². The largest absolute Gasteiger partial charge is 0.354 e. The van der Waals surface area contributed by atoms with Gasteiger partial charge in [0.1, 0.15) is 24.2 Å². The summed E-state index contributed by atoms with van der Waals surface area (Å²) in [4.78, 5) is 39.4. The van der Waals surface area contributed by atoms with Crippen LogP contribution in [0.2, 0.25) is 0 Å². The van der Waals surface area contributed by atoms with Gasteiger partial charge >= 0.3 is 0 Å². The van der Waals surface area contributed by atoms with Crippen molar-refractivity contribution in [3.8, 4) is 0 Å². The van der Waals surface area contributed by atoms with Crippen molar-refractivity contribution in [2.45, 2.75) is 47.1 Å². The summed E-state index contributed by atoms with van der Waals surface area (Å²) >= 11 is 0. The van der Waals surface area contributed by atoms with Crippen LogP contribution in [-0.2, 0) is 11.3 Å². The first-order valence-corrected chi connectivity index (χ1v) is 12.1. The molecule has 1 amide bonds. The van der Waals surface area contributed by atoms with E-state index in [0.29, 0.717) is 12.2 Å². The van der Waals surface area contributed by atoms with Gasteiger partial charge in [-0.25, -0.2) is 15.0 Å². The molecule has 4 heterocycles. The number of hydrogen-bond donors (Lipinski definition) is 1. The standard InChI is InChI=1S/C27H32N8O/c1-6-29-23(24-14-28-13-20(5)34-24)9-17(2)11-31-25(36)15-35-8-7-21-26(32-16-33-27(21)35)22-10-19(4)30-12-18(22)3/h6-10,12-14,16-18,22H,11,15H2,1-5H3,(H,31,36)/b23-9-,29-6?. The van der Waals surface area contributed by atoms with Crippen LogP contribution in [0.25, 0.3) is 16.7 Å². The Bertz CT molecular complexity index is 1370. The van der Waals surface area contributed by atoms with Crippen LogP contribution in [0.4, 0.5) is 0 Å². The Hall–Kier alpha value is -4.01. The fourth-order valence-corrected chi connectivity index (χ4v) is 4.26. The highest BCUT2D eigenvalue weighted by molar-refractivity contribution is 5.83. The Morgan fingerprint density at radius 2 is 2.11 bits per heavy atom. The molecule has 0 aliphatic carbocycles. The van der Waals surface area contributed by atoms with E-state index in [1.54, 1.807) is 24.9 Å². The number of rotatable bonds is 8. The molecule has 0 fully saturated rings. The van der Waals surface area contributed by atoms with Crippen molar-refractivity contribution >= 4 is 35.1 Å². The topological polar surface area (TPSA) is 110 Å². The van der Waals surface area contributed by atoms with Crippen LogP contribution >= 0.6 is 0 Å². The molecular weight excluding hydrogens is 452 g/mol. The van der Waals surface area contributed by atoms with E-state index in [4.69, 9.17) is 0 Å². The molecule has 3 aromatic rings. The van der Waals surface area contributed by atoms with Gasteiger partial charge in [0.25, 0.3) is 0 Å². The first-order valence-electron chi connectivity index (χ1n) is 12.1. The third kappa shape index (κ3) is 5.79. The molecule has 0 bridgehead atoms. The smallest absolute Gasteiger partial charge is 0.240 e. The Labute approximate surface area is 211 Å². The first-order chi connectivity index (χ1) is 17.4. The number of fused-ring (bicyclic) bond motifs is 1. The third-order valence-corrected chi connectivity index (χ3v) is 6.07. The van der Waals surface area contributed by atoms with E-state index in [1.165, 1.54) is 0 Å². The van der Waals surface area contributed by atoms with E-state index >= 15 is 0 Å². The Kier molecular flexibility index (Phi) is 7.77. The lowest BCUT2D eigenvalue weighted by Crippen LogP contribution is -2.30. The second-order valence-electron chi connectivity index (χ2n) is 9.18. The minimum Gasteiger partial charge on any atom is -0.354 e. The Morgan fingerprint density at radius 1 is 1.28 bits per heavy atom. The van der Waals surface area contributed by atoms with Gasteiger partial charge in [0.05, 0.1) is 23.3 Å². The lowest BCUT2D eigenvalue weighted by molar-refractivity contribution is -0.121. The zero-order valence-corrected chi connectivity index (χ0v) is 21.4. The molecule has 0 aromatic carbocycles. The predicted octanol–water partition coefficient (Wildman–Crippen LogP) is 4.12. The first kappa shape index (κ1) is 25.1. The van der Waals surface area contributed by atoms with Crippen molar-refractivity contribution in [2.24, 2.45) is 21.8 Å². The highest BCUT2D eigenvalue weighted by Gasteiger charge is 2.23. The summed E-state index contributed by atoms with van der Waals surface area (Å²) < 4.78 is 1.86. The molecule has 3 unspecified atom stereocenters. The fraction of sp³-hybridized carbons (Fsp3) is 0.370. The summed E-state index contributed by atoms with van der Waals surface area (Å²) in [5.74, 6) is 0.330. The molecule has 0 radical (unpaired) electrons. The molecule has 3 atom stereocenters. The molecule has 0 saturated carbocycles. The summed E-state index contributed by atoms with van der Waals surface area (Å²) in [6, 6.07) is 1.99. The van der Waals surface area contributed by atoms with Gasteiger partial charge in [0, 0.05) is 54.3 Å². The molecule has 1 aliphatic rings. The van der Waals surface area contributed by atoms with Crippen molar-refractivity contribution in [2.75, 3.05) is 6.54 Å². The van der Waals surface area contributed by atoms with E-state index < -0.39 is 0 Å². The maximum atomic E-state index is 12.8. The van der Waals surface area contributed by atoms with E-state index in [1.807, 2.05) is 56.8 Å². The van der Waals surface area contributed by atoms with Crippen LogP contribution < -0.4 is 5.32 Å². The van der Waals surface area contributed by atoms with Crippen molar-refractivity contribution < 1.29 is 4.79 Å². The maximum Gasteiger partial charge on any atom is 0.240 e. The number of carbonyl (C=O) groups excluding carboxylic acids is 1. The van der Waals surface area contributed by atoms with Gasteiger partial charge in [-0.05, 0) is 32.8 Å². The van der Waals surface area contributed by atoms with Crippen LogP contribution in [-0.4, -0.2) is 49.4 Å². The molecule has 0 saturated heterocycles. The second-order valence-corrected chi connectivity index (χ2v) is 9.18. The average molecular weight is 485 g/mol.